The molecule has 0 atom stereocenters. The van der Waals surface area contributed by atoms with Crippen LogP contribution in [0.25, 0.3) is 0 Å². The molecular weight excluding hydrogens is 262 g/mol. The van der Waals surface area contributed by atoms with Crippen LogP contribution in [0.15, 0.2) is 24.4 Å². The number of hydrogen-bond acceptors (Lipinski definition) is 4. The fourth-order valence-corrected chi connectivity index (χ4v) is 2.86. The SMILES string of the molecule is CCNCCCS(=O)(=O)N(C)CCc1ccccn1. The van der Waals surface area contributed by atoms with Gasteiger partial charge >= 0.3 is 0 Å². The van der Waals surface area contributed by atoms with E-state index < -0.39 is 10.0 Å². The van der Waals surface area contributed by atoms with E-state index in [0.29, 0.717) is 19.4 Å². The molecule has 1 N–H and O–H groups in total. The summed E-state index contributed by atoms with van der Waals surface area (Å²) in [4.78, 5) is 4.19. The van der Waals surface area contributed by atoms with Gasteiger partial charge in [-0.2, -0.15) is 0 Å². The molecule has 5 nitrogen and oxygen atoms in total. The monoisotopic (exact) mass is 285 g/mol. The maximum Gasteiger partial charge on any atom is 0.213 e. The van der Waals surface area contributed by atoms with Gasteiger partial charge in [-0.3, -0.25) is 4.98 Å². The third kappa shape index (κ3) is 6.13. The van der Waals surface area contributed by atoms with Gasteiger partial charge < -0.3 is 5.32 Å². The standard InChI is InChI=1S/C13H23N3O2S/c1-3-14-9-6-12-19(17,18)16(2)11-8-13-7-4-5-10-15-13/h4-5,7,10,14H,3,6,8-9,11-12H2,1-2H3. The smallest absolute Gasteiger partial charge is 0.213 e. The topological polar surface area (TPSA) is 62.3 Å². The molecule has 0 aliphatic rings. The number of hydrogen-bond donors (Lipinski definition) is 1. The molecule has 0 amide bonds. The Hall–Kier alpha value is -0.980. The second kappa shape index (κ2) is 8.24. The summed E-state index contributed by atoms with van der Waals surface area (Å²) in [6, 6.07) is 5.67. The first-order valence-corrected chi connectivity index (χ1v) is 8.22. The van der Waals surface area contributed by atoms with Gasteiger partial charge in [0.25, 0.3) is 0 Å². The van der Waals surface area contributed by atoms with Crippen molar-refractivity contribution in [2.45, 2.75) is 19.8 Å². The fourth-order valence-electron chi connectivity index (χ4n) is 1.67. The Bertz CT molecular complexity index is 448. The zero-order valence-electron chi connectivity index (χ0n) is 11.7. The van der Waals surface area contributed by atoms with Crippen LogP contribution in [0, 0.1) is 0 Å². The molecule has 1 heterocycles. The van der Waals surface area contributed by atoms with Crippen molar-refractivity contribution in [3.63, 3.8) is 0 Å². The van der Waals surface area contributed by atoms with Crippen LogP contribution in [0.4, 0.5) is 0 Å². The summed E-state index contributed by atoms with van der Waals surface area (Å²) in [5.41, 5.74) is 0.914. The first-order valence-electron chi connectivity index (χ1n) is 6.61. The van der Waals surface area contributed by atoms with Crippen molar-refractivity contribution in [1.82, 2.24) is 14.6 Å². The van der Waals surface area contributed by atoms with Crippen molar-refractivity contribution >= 4 is 10.0 Å². The molecule has 6 heteroatoms. The third-order valence-electron chi connectivity index (χ3n) is 2.89. The van der Waals surface area contributed by atoms with Crippen molar-refractivity contribution in [3.8, 4) is 0 Å². The quantitative estimate of drug-likeness (QED) is 0.684. The van der Waals surface area contributed by atoms with Crippen molar-refractivity contribution in [2.24, 2.45) is 0 Å². The second-order valence-corrected chi connectivity index (χ2v) is 6.61. The molecule has 0 radical (unpaired) electrons. The van der Waals surface area contributed by atoms with Crippen LogP contribution in [0.2, 0.25) is 0 Å². The normalized spacial score (nSPS) is 11.9. The highest BCUT2D eigenvalue weighted by molar-refractivity contribution is 7.89. The lowest BCUT2D eigenvalue weighted by atomic mass is 10.3. The Morgan fingerprint density at radius 3 is 2.79 bits per heavy atom. The molecular formula is C13H23N3O2S. The number of rotatable bonds is 9. The van der Waals surface area contributed by atoms with Gasteiger partial charge in [0.2, 0.25) is 10.0 Å². The van der Waals surface area contributed by atoms with E-state index in [1.807, 2.05) is 25.1 Å². The summed E-state index contributed by atoms with van der Waals surface area (Å²) >= 11 is 0. The van der Waals surface area contributed by atoms with Crippen LogP contribution < -0.4 is 5.32 Å². The maximum absolute atomic E-state index is 12.0. The number of nitrogens with one attached hydrogen (secondary N) is 1. The highest BCUT2D eigenvalue weighted by Crippen LogP contribution is 2.03. The van der Waals surface area contributed by atoms with E-state index in [2.05, 4.69) is 10.3 Å². The van der Waals surface area contributed by atoms with E-state index in [1.54, 1.807) is 13.2 Å². The summed E-state index contributed by atoms with van der Waals surface area (Å²) in [6.07, 6.45) is 3.01. The molecule has 0 saturated carbocycles. The molecule has 1 rings (SSSR count). The average molecular weight is 285 g/mol. The molecule has 0 fully saturated rings. The highest BCUT2D eigenvalue weighted by atomic mass is 32.2. The van der Waals surface area contributed by atoms with Gasteiger partial charge in [0.15, 0.2) is 0 Å². The molecule has 0 aliphatic heterocycles. The van der Waals surface area contributed by atoms with Crippen LogP contribution in [0.3, 0.4) is 0 Å². The Morgan fingerprint density at radius 1 is 1.37 bits per heavy atom. The minimum Gasteiger partial charge on any atom is -0.317 e. The number of pyridine rings is 1. The fraction of sp³-hybridized carbons (Fsp3) is 0.615. The molecule has 0 bridgehead atoms. The molecule has 0 aliphatic carbocycles. The highest BCUT2D eigenvalue weighted by Gasteiger charge is 2.16. The maximum atomic E-state index is 12.0. The van der Waals surface area contributed by atoms with Crippen molar-refractivity contribution in [1.29, 1.82) is 0 Å². The number of sulfonamides is 1. The Kier molecular flexibility index (Phi) is 6.97. The molecule has 19 heavy (non-hydrogen) atoms. The number of aromatic nitrogens is 1. The molecule has 1 aromatic heterocycles. The Morgan fingerprint density at radius 2 is 2.16 bits per heavy atom. The summed E-state index contributed by atoms with van der Waals surface area (Å²) in [6.45, 7) is 4.09. The summed E-state index contributed by atoms with van der Waals surface area (Å²) in [5.74, 6) is 0.193. The van der Waals surface area contributed by atoms with Gasteiger partial charge in [0.1, 0.15) is 0 Å². The van der Waals surface area contributed by atoms with Gasteiger partial charge in [-0.1, -0.05) is 13.0 Å². The second-order valence-electron chi connectivity index (χ2n) is 4.42. The lowest BCUT2D eigenvalue weighted by Gasteiger charge is -2.16. The minimum atomic E-state index is -3.15. The van der Waals surface area contributed by atoms with Crippen LogP contribution in [0.5, 0.6) is 0 Å². The first-order chi connectivity index (χ1) is 9.06. The largest absolute Gasteiger partial charge is 0.317 e. The lowest BCUT2D eigenvalue weighted by molar-refractivity contribution is 0.469. The Balaban J connectivity index is 2.37. The zero-order valence-corrected chi connectivity index (χ0v) is 12.5. The Labute approximate surface area is 116 Å². The van der Waals surface area contributed by atoms with Crippen molar-refractivity contribution in [2.75, 3.05) is 32.4 Å². The van der Waals surface area contributed by atoms with Crippen LogP contribution in [-0.4, -0.2) is 50.1 Å². The van der Waals surface area contributed by atoms with Gasteiger partial charge in [0.05, 0.1) is 5.75 Å². The molecule has 0 unspecified atom stereocenters. The average Bonchev–Trinajstić information content (AvgIpc) is 2.42. The number of likely N-dealkylation sites (N-methyl/N-ethyl adjacent to an activating group) is 1. The minimum absolute atomic E-state index is 0.193. The van der Waals surface area contributed by atoms with Crippen LogP contribution in [-0.2, 0) is 16.4 Å². The van der Waals surface area contributed by atoms with Gasteiger partial charge in [0, 0.05) is 31.9 Å². The van der Waals surface area contributed by atoms with E-state index in [4.69, 9.17) is 0 Å². The van der Waals surface area contributed by atoms with Gasteiger partial charge in [-0.05, 0) is 31.6 Å². The van der Waals surface area contributed by atoms with Crippen LogP contribution in [0.1, 0.15) is 19.0 Å². The van der Waals surface area contributed by atoms with Gasteiger partial charge in [-0.25, -0.2) is 12.7 Å². The lowest BCUT2D eigenvalue weighted by Crippen LogP contribution is -2.32. The molecule has 0 spiro atoms. The van der Waals surface area contributed by atoms with E-state index in [1.165, 1.54) is 4.31 Å². The predicted molar refractivity (Wildman–Crippen MR) is 77.5 cm³/mol. The summed E-state index contributed by atoms with van der Waals surface area (Å²) < 4.78 is 25.4. The predicted octanol–water partition coefficient (Wildman–Crippen LogP) is 0.885. The molecule has 0 saturated heterocycles. The van der Waals surface area contributed by atoms with Crippen LogP contribution >= 0.6 is 0 Å². The molecule has 1 aromatic rings. The summed E-state index contributed by atoms with van der Waals surface area (Å²) in [7, 11) is -1.51. The third-order valence-corrected chi connectivity index (χ3v) is 4.83. The van der Waals surface area contributed by atoms with E-state index in [9.17, 15) is 8.42 Å². The van der Waals surface area contributed by atoms with Gasteiger partial charge in [-0.15, -0.1) is 0 Å². The van der Waals surface area contributed by atoms with E-state index in [-0.39, 0.29) is 5.75 Å². The molecule has 0 aromatic carbocycles. The van der Waals surface area contributed by atoms with Crippen molar-refractivity contribution in [3.05, 3.63) is 30.1 Å². The first kappa shape index (κ1) is 16.1. The molecule has 108 valence electrons. The van der Waals surface area contributed by atoms with E-state index >= 15 is 0 Å². The zero-order chi connectivity index (χ0) is 14.1. The summed E-state index contributed by atoms with van der Waals surface area (Å²) in [5, 5.41) is 3.12. The van der Waals surface area contributed by atoms with E-state index in [0.717, 1.165) is 18.8 Å². The number of nitrogens with zero attached hydrogens (tertiary/aromatic N) is 2. The van der Waals surface area contributed by atoms with Crippen molar-refractivity contribution < 1.29 is 8.42 Å².